The Morgan fingerprint density at radius 3 is 2.76 bits per heavy atom. The van der Waals surface area contributed by atoms with Crippen molar-refractivity contribution in [3.05, 3.63) is 23.3 Å². The first kappa shape index (κ1) is 11.5. The van der Waals surface area contributed by atoms with E-state index in [0.717, 1.165) is 5.56 Å². The van der Waals surface area contributed by atoms with E-state index in [1.54, 1.807) is 20.1 Å². The van der Waals surface area contributed by atoms with Crippen LogP contribution < -0.4 is 14.2 Å². The Bertz CT molecular complexity index is 488. The molecular weight excluding hydrogens is 220 g/mol. The van der Waals surface area contributed by atoms with Crippen LogP contribution in [-0.4, -0.2) is 19.7 Å². The topological polar surface area (TPSA) is 44.8 Å². The fraction of sp³-hybridized carbons (Fsp3) is 0.308. The molecule has 0 aromatic heterocycles. The molecule has 1 aliphatic heterocycles. The SMILES string of the molecule is COc1cc(/C=C(/C)C(C)=O)cc2c1OCO2. The van der Waals surface area contributed by atoms with Crippen LogP contribution in [0.4, 0.5) is 0 Å². The third-order valence-corrected chi connectivity index (χ3v) is 2.62. The average molecular weight is 234 g/mol. The average Bonchev–Trinajstić information content (AvgIpc) is 2.75. The fourth-order valence-corrected chi connectivity index (χ4v) is 1.58. The normalized spacial score (nSPS) is 13.7. The van der Waals surface area contributed by atoms with Crippen LogP contribution in [0.25, 0.3) is 6.08 Å². The number of allylic oxidation sites excluding steroid dienone is 1. The van der Waals surface area contributed by atoms with Crippen molar-refractivity contribution in [2.75, 3.05) is 13.9 Å². The Morgan fingerprint density at radius 1 is 1.35 bits per heavy atom. The van der Waals surface area contributed by atoms with Crippen LogP contribution in [0.2, 0.25) is 0 Å². The maximum absolute atomic E-state index is 11.2. The van der Waals surface area contributed by atoms with Crippen LogP contribution in [0.1, 0.15) is 19.4 Å². The number of fused-ring (bicyclic) bond motifs is 1. The summed E-state index contributed by atoms with van der Waals surface area (Å²) in [6, 6.07) is 3.65. The van der Waals surface area contributed by atoms with Crippen LogP contribution >= 0.6 is 0 Å². The Balaban J connectivity index is 2.44. The molecule has 0 saturated carbocycles. The van der Waals surface area contributed by atoms with E-state index in [9.17, 15) is 4.79 Å². The van der Waals surface area contributed by atoms with Crippen molar-refractivity contribution in [3.8, 4) is 17.2 Å². The Morgan fingerprint density at radius 2 is 2.12 bits per heavy atom. The molecule has 0 unspecified atom stereocenters. The summed E-state index contributed by atoms with van der Waals surface area (Å²) in [4.78, 5) is 11.2. The molecule has 0 radical (unpaired) electrons. The van der Waals surface area contributed by atoms with Gasteiger partial charge in [-0.1, -0.05) is 0 Å². The second-order valence-corrected chi connectivity index (χ2v) is 3.84. The maximum Gasteiger partial charge on any atom is 0.231 e. The monoisotopic (exact) mass is 234 g/mol. The number of hydrogen-bond acceptors (Lipinski definition) is 4. The van der Waals surface area contributed by atoms with Gasteiger partial charge in [0.25, 0.3) is 0 Å². The molecule has 0 amide bonds. The summed E-state index contributed by atoms with van der Waals surface area (Å²) < 4.78 is 15.8. The largest absolute Gasteiger partial charge is 0.493 e. The number of ether oxygens (including phenoxy) is 3. The molecule has 4 nitrogen and oxygen atoms in total. The molecule has 17 heavy (non-hydrogen) atoms. The molecule has 0 atom stereocenters. The summed E-state index contributed by atoms with van der Waals surface area (Å²) >= 11 is 0. The molecule has 4 heteroatoms. The van der Waals surface area contributed by atoms with Crippen LogP contribution in [0.15, 0.2) is 17.7 Å². The lowest BCUT2D eigenvalue weighted by molar-refractivity contribution is -0.113. The molecule has 0 bridgehead atoms. The number of ketones is 1. The van der Waals surface area contributed by atoms with Gasteiger partial charge in [0, 0.05) is 0 Å². The first-order valence-corrected chi connectivity index (χ1v) is 5.28. The molecule has 1 aliphatic rings. The molecule has 1 aromatic carbocycles. The van der Waals surface area contributed by atoms with E-state index in [4.69, 9.17) is 14.2 Å². The summed E-state index contributed by atoms with van der Waals surface area (Å²) in [7, 11) is 1.57. The van der Waals surface area contributed by atoms with Gasteiger partial charge in [0.2, 0.25) is 12.5 Å². The van der Waals surface area contributed by atoms with Crippen LogP contribution in [0.3, 0.4) is 0 Å². The Labute approximate surface area is 99.8 Å². The van der Waals surface area contributed by atoms with Gasteiger partial charge in [0.15, 0.2) is 17.3 Å². The highest BCUT2D eigenvalue weighted by molar-refractivity contribution is 5.97. The molecule has 0 aliphatic carbocycles. The number of rotatable bonds is 3. The van der Waals surface area contributed by atoms with Crippen molar-refractivity contribution in [3.63, 3.8) is 0 Å². The van der Waals surface area contributed by atoms with E-state index in [1.807, 2.05) is 12.1 Å². The van der Waals surface area contributed by atoms with Crippen LogP contribution in [0.5, 0.6) is 17.2 Å². The summed E-state index contributed by atoms with van der Waals surface area (Å²) in [5.41, 5.74) is 1.55. The molecule has 0 saturated heterocycles. The standard InChI is InChI=1S/C13H14O4/c1-8(9(2)14)4-10-5-11(15-3)13-12(6-10)16-7-17-13/h4-6H,7H2,1-3H3/b8-4-. The minimum absolute atomic E-state index is 0.0432. The van der Waals surface area contributed by atoms with Crippen molar-refractivity contribution < 1.29 is 19.0 Å². The van der Waals surface area contributed by atoms with E-state index in [2.05, 4.69) is 0 Å². The Hall–Kier alpha value is -1.97. The second-order valence-electron chi connectivity index (χ2n) is 3.84. The van der Waals surface area contributed by atoms with E-state index in [0.29, 0.717) is 22.8 Å². The lowest BCUT2D eigenvalue weighted by atomic mass is 10.1. The van der Waals surface area contributed by atoms with Crippen LogP contribution in [-0.2, 0) is 4.79 Å². The molecule has 0 fully saturated rings. The van der Waals surface area contributed by atoms with Gasteiger partial charge < -0.3 is 14.2 Å². The molecule has 1 heterocycles. The molecule has 1 aromatic rings. The number of Topliss-reactive ketones (excluding diaryl/α,β-unsaturated/α-hetero) is 1. The quantitative estimate of drug-likeness (QED) is 0.753. The first-order chi connectivity index (χ1) is 8.11. The predicted molar refractivity (Wildman–Crippen MR) is 63.4 cm³/mol. The smallest absolute Gasteiger partial charge is 0.231 e. The third-order valence-electron chi connectivity index (χ3n) is 2.62. The number of methoxy groups -OCH3 is 1. The number of benzene rings is 1. The van der Waals surface area contributed by atoms with E-state index in [-0.39, 0.29) is 12.6 Å². The Kier molecular flexibility index (Phi) is 3.04. The molecule has 90 valence electrons. The first-order valence-electron chi connectivity index (χ1n) is 5.28. The number of carbonyl (C=O) groups excluding carboxylic acids is 1. The van der Waals surface area contributed by atoms with Gasteiger partial charge in [-0.3, -0.25) is 4.79 Å². The maximum atomic E-state index is 11.2. The van der Waals surface area contributed by atoms with E-state index < -0.39 is 0 Å². The van der Waals surface area contributed by atoms with Gasteiger partial charge in [-0.25, -0.2) is 0 Å². The van der Waals surface area contributed by atoms with Crippen molar-refractivity contribution in [2.24, 2.45) is 0 Å². The lowest BCUT2D eigenvalue weighted by Gasteiger charge is -2.06. The molecule has 0 N–H and O–H groups in total. The van der Waals surface area contributed by atoms with Gasteiger partial charge in [-0.15, -0.1) is 0 Å². The minimum Gasteiger partial charge on any atom is -0.493 e. The summed E-state index contributed by atoms with van der Waals surface area (Å²) in [6.07, 6.45) is 1.80. The van der Waals surface area contributed by atoms with Gasteiger partial charge in [-0.2, -0.15) is 0 Å². The van der Waals surface area contributed by atoms with E-state index >= 15 is 0 Å². The minimum atomic E-state index is 0.0432. The zero-order valence-electron chi connectivity index (χ0n) is 10.1. The van der Waals surface area contributed by atoms with Crippen molar-refractivity contribution >= 4 is 11.9 Å². The zero-order valence-corrected chi connectivity index (χ0v) is 10.1. The highest BCUT2D eigenvalue weighted by atomic mass is 16.7. The van der Waals surface area contributed by atoms with Crippen molar-refractivity contribution in [1.29, 1.82) is 0 Å². The zero-order chi connectivity index (χ0) is 12.4. The van der Waals surface area contributed by atoms with Crippen molar-refractivity contribution in [1.82, 2.24) is 0 Å². The molecule has 2 rings (SSSR count). The fourth-order valence-electron chi connectivity index (χ4n) is 1.58. The van der Waals surface area contributed by atoms with Gasteiger partial charge in [0.1, 0.15) is 0 Å². The van der Waals surface area contributed by atoms with Crippen LogP contribution in [0, 0.1) is 0 Å². The second kappa shape index (κ2) is 4.49. The van der Waals surface area contributed by atoms with Gasteiger partial charge >= 0.3 is 0 Å². The van der Waals surface area contributed by atoms with E-state index in [1.165, 1.54) is 6.92 Å². The summed E-state index contributed by atoms with van der Waals surface area (Å²) in [6.45, 7) is 3.51. The number of carbonyl (C=O) groups is 1. The molecular formula is C13H14O4. The summed E-state index contributed by atoms with van der Waals surface area (Å²) in [5.74, 6) is 1.92. The van der Waals surface area contributed by atoms with Gasteiger partial charge in [-0.05, 0) is 43.2 Å². The molecule has 0 spiro atoms. The lowest BCUT2D eigenvalue weighted by Crippen LogP contribution is -1.93. The van der Waals surface area contributed by atoms with Crippen molar-refractivity contribution in [2.45, 2.75) is 13.8 Å². The predicted octanol–water partition coefficient (Wildman–Crippen LogP) is 2.42. The van der Waals surface area contributed by atoms with Gasteiger partial charge in [0.05, 0.1) is 7.11 Å². The highest BCUT2D eigenvalue weighted by Gasteiger charge is 2.19. The summed E-state index contributed by atoms with van der Waals surface area (Å²) in [5, 5.41) is 0. The number of hydrogen-bond donors (Lipinski definition) is 0. The third kappa shape index (κ3) is 2.25. The highest BCUT2D eigenvalue weighted by Crippen LogP contribution is 2.42.